The number of nitrogens with one attached hydrogen (secondary N) is 1. The van der Waals surface area contributed by atoms with Crippen molar-refractivity contribution in [2.45, 2.75) is 32.2 Å². The van der Waals surface area contributed by atoms with Gasteiger partial charge in [-0.3, -0.25) is 9.69 Å². The zero-order valence-corrected chi connectivity index (χ0v) is 13.2. The maximum absolute atomic E-state index is 11.8. The van der Waals surface area contributed by atoms with Crippen LogP contribution in [0.25, 0.3) is 0 Å². The Bertz CT molecular complexity index is 478. The number of amides is 1. The lowest BCUT2D eigenvalue weighted by molar-refractivity contribution is -0.126. The molecular formula is C16H22N2O2S. The Morgan fingerprint density at radius 1 is 1.24 bits per heavy atom. The largest absolute Gasteiger partial charge is 0.381 e. The van der Waals surface area contributed by atoms with Gasteiger partial charge in [0.05, 0.1) is 6.61 Å². The fourth-order valence-electron chi connectivity index (χ4n) is 2.28. The molecular weight excluding hydrogens is 284 g/mol. The van der Waals surface area contributed by atoms with Crippen LogP contribution in [0.1, 0.15) is 25.3 Å². The van der Waals surface area contributed by atoms with Crippen LogP contribution in [0.2, 0.25) is 0 Å². The van der Waals surface area contributed by atoms with Crippen molar-refractivity contribution in [1.82, 2.24) is 10.2 Å². The number of ether oxygens (including phenoxy) is 1. The monoisotopic (exact) mass is 306 g/mol. The smallest absolute Gasteiger partial charge is 0.250 e. The van der Waals surface area contributed by atoms with Gasteiger partial charge in [0.25, 0.3) is 5.91 Å². The number of rotatable bonds is 8. The third-order valence-electron chi connectivity index (χ3n) is 3.52. The number of thiocarbonyl (C=S) groups is 1. The number of hydrogen-bond donors (Lipinski definition) is 1. The SMILES string of the molecule is CC1NC(=S)N(CCCCOCCc2ccccc2)C1=O. The number of carbonyl (C=O) groups is 1. The molecule has 1 unspecified atom stereocenters. The average molecular weight is 306 g/mol. The minimum absolute atomic E-state index is 0.0741. The maximum atomic E-state index is 11.8. The van der Waals surface area contributed by atoms with Crippen LogP contribution in [-0.2, 0) is 16.0 Å². The molecule has 1 aromatic carbocycles. The normalized spacial score (nSPS) is 18.1. The quantitative estimate of drug-likeness (QED) is 0.590. The molecule has 1 amide bonds. The molecule has 0 aliphatic carbocycles. The fourth-order valence-corrected chi connectivity index (χ4v) is 2.64. The number of carbonyl (C=O) groups excluding carboxylic acids is 1. The predicted octanol–water partition coefficient (Wildman–Crippen LogP) is 2.13. The first-order valence-electron chi connectivity index (χ1n) is 7.42. The van der Waals surface area contributed by atoms with E-state index in [1.807, 2.05) is 25.1 Å². The molecule has 0 aromatic heterocycles. The second kappa shape index (κ2) is 8.10. The van der Waals surface area contributed by atoms with Gasteiger partial charge >= 0.3 is 0 Å². The Hall–Kier alpha value is -1.46. The summed E-state index contributed by atoms with van der Waals surface area (Å²) < 4.78 is 5.63. The van der Waals surface area contributed by atoms with Crippen molar-refractivity contribution in [3.05, 3.63) is 35.9 Å². The molecule has 1 fully saturated rings. The molecule has 114 valence electrons. The Balaban J connectivity index is 1.53. The Morgan fingerprint density at radius 2 is 2.00 bits per heavy atom. The lowest BCUT2D eigenvalue weighted by Gasteiger charge is -2.14. The molecule has 1 atom stereocenters. The molecule has 1 aliphatic heterocycles. The lowest BCUT2D eigenvalue weighted by Crippen LogP contribution is -2.32. The second-order valence-electron chi connectivity index (χ2n) is 5.22. The summed E-state index contributed by atoms with van der Waals surface area (Å²) in [5.41, 5.74) is 1.30. The highest BCUT2D eigenvalue weighted by molar-refractivity contribution is 7.80. The minimum atomic E-state index is -0.181. The van der Waals surface area contributed by atoms with Crippen molar-refractivity contribution < 1.29 is 9.53 Å². The van der Waals surface area contributed by atoms with E-state index in [0.29, 0.717) is 11.7 Å². The summed E-state index contributed by atoms with van der Waals surface area (Å²) in [4.78, 5) is 13.4. The van der Waals surface area contributed by atoms with E-state index in [9.17, 15) is 4.79 Å². The van der Waals surface area contributed by atoms with Crippen molar-refractivity contribution in [1.29, 1.82) is 0 Å². The van der Waals surface area contributed by atoms with Gasteiger partial charge in [-0.05, 0) is 44.0 Å². The van der Waals surface area contributed by atoms with E-state index in [1.165, 1.54) is 5.56 Å². The molecule has 1 aromatic rings. The van der Waals surface area contributed by atoms with Gasteiger partial charge in [0.1, 0.15) is 6.04 Å². The standard InChI is InChI=1S/C16H22N2O2S/c1-13-15(19)18(16(21)17-13)10-5-6-11-20-12-9-14-7-3-2-4-8-14/h2-4,7-8,13H,5-6,9-12H2,1H3,(H,17,21). The van der Waals surface area contributed by atoms with Crippen LogP contribution in [0, 0.1) is 0 Å². The third kappa shape index (κ3) is 4.79. The van der Waals surface area contributed by atoms with E-state index in [4.69, 9.17) is 17.0 Å². The molecule has 1 aliphatic rings. The molecule has 1 heterocycles. The van der Waals surface area contributed by atoms with E-state index >= 15 is 0 Å². The van der Waals surface area contributed by atoms with Crippen LogP contribution in [0.3, 0.4) is 0 Å². The molecule has 2 rings (SSSR count). The van der Waals surface area contributed by atoms with Crippen molar-refractivity contribution in [3.8, 4) is 0 Å². The van der Waals surface area contributed by atoms with E-state index in [-0.39, 0.29) is 11.9 Å². The summed E-state index contributed by atoms with van der Waals surface area (Å²) in [5.74, 6) is 0.0741. The Labute approximate surface area is 131 Å². The molecule has 5 heteroatoms. The molecule has 0 radical (unpaired) electrons. The van der Waals surface area contributed by atoms with Gasteiger partial charge in [0.2, 0.25) is 0 Å². The van der Waals surface area contributed by atoms with E-state index < -0.39 is 0 Å². The molecule has 1 saturated heterocycles. The van der Waals surface area contributed by atoms with Gasteiger partial charge in [-0.15, -0.1) is 0 Å². The summed E-state index contributed by atoms with van der Waals surface area (Å²) in [6.45, 7) is 3.98. The molecule has 1 N–H and O–H groups in total. The van der Waals surface area contributed by atoms with E-state index in [0.717, 1.165) is 32.5 Å². The van der Waals surface area contributed by atoms with Crippen molar-refractivity contribution in [3.63, 3.8) is 0 Å². The predicted molar refractivity (Wildman–Crippen MR) is 87.1 cm³/mol. The molecule has 4 nitrogen and oxygen atoms in total. The molecule has 0 spiro atoms. The van der Waals surface area contributed by atoms with Gasteiger partial charge in [-0.1, -0.05) is 30.3 Å². The highest BCUT2D eigenvalue weighted by atomic mass is 32.1. The summed E-state index contributed by atoms with van der Waals surface area (Å²) in [6, 6.07) is 10.1. The Kier molecular flexibility index (Phi) is 6.14. The number of hydrogen-bond acceptors (Lipinski definition) is 3. The average Bonchev–Trinajstić information content (AvgIpc) is 2.73. The van der Waals surface area contributed by atoms with E-state index in [2.05, 4.69) is 17.4 Å². The molecule has 0 bridgehead atoms. The van der Waals surface area contributed by atoms with Crippen LogP contribution in [-0.4, -0.2) is 41.7 Å². The van der Waals surface area contributed by atoms with Gasteiger partial charge in [-0.25, -0.2) is 0 Å². The maximum Gasteiger partial charge on any atom is 0.250 e. The van der Waals surface area contributed by atoms with Crippen molar-refractivity contribution in [2.24, 2.45) is 0 Å². The first-order chi connectivity index (χ1) is 10.2. The summed E-state index contributed by atoms with van der Waals surface area (Å²) in [6.07, 6.45) is 2.79. The van der Waals surface area contributed by atoms with Gasteiger partial charge in [-0.2, -0.15) is 0 Å². The van der Waals surface area contributed by atoms with Crippen LogP contribution in [0.15, 0.2) is 30.3 Å². The number of unbranched alkanes of at least 4 members (excludes halogenated alkanes) is 1. The first-order valence-corrected chi connectivity index (χ1v) is 7.83. The van der Waals surface area contributed by atoms with Gasteiger partial charge in [0, 0.05) is 13.2 Å². The topological polar surface area (TPSA) is 41.6 Å². The van der Waals surface area contributed by atoms with Crippen LogP contribution in [0.4, 0.5) is 0 Å². The number of nitrogens with zero attached hydrogens (tertiary/aromatic N) is 1. The van der Waals surface area contributed by atoms with E-state index in [1.54, 1.807) is 4.90 Å². The zero-order chi connectivity index (χ0) is 15.1. The third-order valence-corrected chi connectivity index (χ3v) is 3.86. The summed E-state index contributed by atoms with van der Waals surface area (Å²) >= 11 is 5.13. The highest BCUT2D eigenvalue weighted by Gasteiger charge is 2.31. The summed E-state index contributed by atoms with van der Waals surface area (Å²) in [5, 5.41) is 3.53. The first kappa shape index (κ1) is 15.9. The molecule has 21 heavy (non-hydrogen) atoms. The Morgan fingerprint density at radius 3 is 2.67 bits per heavy atom. The van der Waals surface area contributed by atoms with Crippen molar-refractivity contribution in [2.75, 3.05) is 19.8 Å². The summed E-state index contributed by atoms with van der Waals surface area (Å²) in [7, 11) is 0. The van der Waals surface area contributed by atoms with Crippen LogP contribution >= 0.6 is 12.2 Å². The van der Waals surface area contributed by atoms with Gasteiger partial charge < -0.3 is 10.1 Å². The van der Waals surface area contributed by atoms with Crippen molar-refractivity contribution >= 4 is 23.2 Å². The zero-order valence-electron chi connectivity index (χ0n) is 12.4. The molecule has 0 saturated carbocycles. The lowest BCUT2D eigenvalue weighted by atomic mass is 10.2. The minimum Gasteiger partial charge on any atom is -0.381 e. The second-order valence-corrected chi connectivity index (χ2v) is 5.60. The van der Waals surface area contributed by atoms with Gasteiger partial charge in [0.15, 0.2) is 5.11 Å². The number of benzene rings is 1. The van der Waals surface area contributed by atoms with Crippen LogP contribution < -0.4 is 5.32 Å². The highest BCUT2D eigenvalue weighted by Crippen LogP contribution is 2.08. The van der Waals surface area contributed by atoms with Crippen LogP contribution in [0.5, 0.6) is 0 Å². The fraction of sp³-hybridized carbons (Fsp3) is 0.500.